The molecule has 14 heavy (non-hydrogen) atoms. The third-order valence-electron chi connectivity index (χ3n) is 3.12. The van der Waals surface area contributed by atoms with Crippen molar-refractivity contribution in [2.24, 2.45) is 0 Å². The van der Waals surface area contributed by atoms with Gasteiger partial charge < -0.3 is 5.32 Å². The lowest BCUT2D eigenvalue weighted by Crippen LogP contribution is -2.26. The molecule has 4 heteroatoms. The minimum atomic E-state index is 0.527. The predicted octanol–water partition coefficient (Wildman–Crippen LogP) is 2.30. The van der Waals surface area contributed by atoms with Gasteiger partial charge in [-0.05, 0) is 48.0 Å². The number of rotatable bonds is 2. The maximum Gasteiger partial charge on any atom is 0.132 e. The van der Waals surface area contributed by atoms with Gasteiger partial charge in [-0.2, -0.15) is 5.10 Å². The van der Waals surface area contributed by atoms with Crippen LogP contribution >= 0.6 is 15.9 Å². The summed E-state index contributed by atoms with van der Waals surface area (Å²) in [7, 11) is 0. The van der Waals surface area contributed by atoms with Crippen molar-refractivity contribution in [2.75, 3.05) is 0 Å². The van der Waals surface area contributed by atoms with Gasteiger partial charge in [-0.25, -0.2) is 0 Å². The van der Waals surface area contributed by atoms with Crippen molar-refractivity contribution in [2.45, 2.75) is 44.2 Å². The van der Waals surface area contributed by atoms with Gasteiger partial charge in [-0.1, -0.05) is 0 Å². The number of H-pyrrole nitrogens is 1. The molecule has 0 saturated heterocycles. The number of aromatic amines is 1. The van der Waals surface area contributed by atoms with Crippen LogP contribution in [0.1, 0.15) is 43.0 Å². The molecule has 76 valence electrons. The molecule has 1 atom stereocenters. The molecule has 1 aromatic rings. The molecule has 2 N–H and O–H groups in total. The highest BCUT2D eigenvalue weighted by Gasteiger charge is 2.30. The molecule has 0 bridgehead atoms. The number of hydrogen-bond donors (Lipinski definition) is 2. The van der Waals surface area contributed by atoms with Crippen LogP contribution in [0, 0.1) is 0 Å². The second kappa shape index (κ2) is 3.35. The summed E-state index contributed by atoms with van der Waals surface area (Å²) in [6.45, 7) is 0. The third-order valence-corrected chi connectivity index (χ3v) is 3.72. The maximum absolute atomic E-state index is 4.23. The first-order valence-electron chi connectivity index (χ1n) is 5.33. The highest BCUT2D eigenvalue weighted by molar-refractivity contribution is 9.10. The SMILES string of the molecule is Brc1n[nH]c2c1C(NC1CC1)CCC2. The first kappa shape index (κ1) is 8.92. The molecule has 0 aliphatic heterocycles. The number of nitrogens with one attached hydrogen (secondary N) is 2. The topological polar surface area (TPSA) is 40.7 Å². The van der Waals surface area contributed by atoms with Crippen LogP contribution < -0.4 is 5.32 Å². The summed E-state index contributed by atoms with van der Waals surface area (Å²) in [5, 5.41) is 11.0. The number of hydrogen-bond acceptors (Lipinski definition) is 2. The number of fused-ring (bicyclic) bond motifs is 1. The molecule has 2 aliphatic carbocycles. The van der Waals surface area contributed by atoms with Gasteiger partial charge in [0.2, 0.25) is 0 Å². The fourth-order valence-electron chi connectivity index (χ4n) is 2.23. The van der Waals surface area contributed by atoms with Crippen molar-refractivity contribution in [3.63, 3.8) is 0 Å². The van der Waals surface area contributed by atoms with E-state index in [9.17, 15) is 0 Å². The zero-order valence-corrected chi connectivity index (χ0v) is 9.60. The monoisotopic (exact) mass is 255 g/mol. The van der Waals surface area contributed by atoms with Crippen molar-refractivity contribution >= 4 is 15.9 Å². The molecular weight excluding hydrogens is 242 g/mol. The van der Waals surface area contributed by atoms with Gasteiger partial charge in [-0.3, -0.25) is 5.10 Å². The van der Waals surface area contributed by atoms with E-state index in [1.165, 1.54) is 36.9 Å². The summed E-state index contributed by atoms with van der Waals surface area (Å²) in [6.07, 6.45) is 6.37. The Balaban J connectivity index is 1.88. The van der Waals surface area contributed by atoms with Crippen LogP contribution in [0.2, 0.25) is 0 Å². The first-order valence-corrected chi connectivity index (χ1v) is 6.12. The Morgan fingerprint density at radius 2 is 2.21 bits per heavy atom. The third kappa shape index (κ3) is 1.50. The second-order valence-electron chi connectivity index (χ2n) is 4.29. The van der Waals surface area contributed by atoms with Crippen LogP contribution in [0.4, 0.5) is 0 Å². The predicted molar refractivity (Wildman–Crippen MR) is 58.1 cm³/mol. The largest absolute Gasteiger partial charge is 0.307 e. The molecule has 1 aromatic heterocycles. The molecular formula is C10H14BrN3. The average Bonchev–Trinajstić information content (AvgIpc) is 2.91. The van der Waals surface area contributed by atoms with E-state index < -0.39 is 0 Å². The Bertz CT molecular complexity index is 343. The fourth-order valence-corrected chi connectivity index (χ4v) is 2.84. The maximum atomic E-state index is 4.23. The zero-order chi connectivity index (χ0) is 9.54. The van der Waals surface area contributed by atoms with Crippen LogP contribution in [0.25, 0.3) is 0 Å². The van der Waals surface area contributed by atoms with Crippen LogP contribution in [-0.2, 0) is 6.42 Å². The molecule has 1 fully saturated rings. The minimum Gasteiger partial charge on any atom is -0.307 e. The van der Waals surface area contributed by atoms with Crippen molar-refractivity contribution < 1.29 is 0 Å². The Labute approximate surface area is 91.8 Å². The van der Waals surface area contributed by atoms with Gasteiger partial charge in [0.05, 0.1) is 0 Å². The normalized spacial score (nSPS) is 26.2. The van der Waals surface area contributed by atoms with Crippen LogP contribution in [0.5, 0.6) is 0 Å². The lowest BCUT2D eigenvalue weighted by Gasteiger charge is -2.23. The Kier molecular flexibility index (Phi) is 2.13. The molecule has 0 radical (unpaired) electrons. The molecule has 1 heterocycles. The summed E-state index contributed by atoms with van der Waals surface area (Å²) in [5.74, 6) is 0. The molecule has 0 aromatic carbocycles. The minimum absolute atomic E-state index is 0.527. The van der Waals surface area contributed by atoms with Gasteiger partial charge in [-0.15, -0.1) is 0 Å². The number of nitrogens with zero attached hydrogens (tertiary/aromatic N) is 1. The zero-order valence-electron chi connectivity index (χ0n) is 8.02. The first-order chi connectivity index (χ1) is 6.84. The second-order valence-corrected chi connectivity index (χ2v) is 5.04. The molecule has 0 amide bonds. The number of aryl methyl sites for hydroxylation is 1. The van der Waals surface area contributed by atoms with Crippen molar-refractivity contribution in [1.82, 2.24) is 15.5 Å². The van der Waals surface area contributed by atoms with Crippen LogP contribution in [-0.4, -0.2) is 16.2 Å². The van der Waals surface area contributed by atoms with Gasteiger partial charge in [0.1, 0.15) is 4.60 Å². The standard InChI is InChI=1S/C10H14BrN3/c11-10-9-7(12-6-4-5-6)2-1-3-8(9)13-14-10/h6-7,12H,1-5H2,(H,13,14). The fraction of sp³-hybridized carbons (Fsp3) is 0.700. The van der Waals surface area contributed by atoms with E-state index in [1.54, 1.807) is 0 Å². The van der Waals surface area contributed by atoms with Gasteiger partial charge >= 0.3 is 0 Å². The van der Waals surface area contributed by atoms with E-state index in [0.717, 1.165) is 17.1 Å². The molecule has 1 unspecified atom stereocenters. The van der Waals surface area contributed by atoms with E-state index in [2.05, 4.69) is 31.4 Å². The number of aromatic nitrogens is 2. The van der Waals surface area contributed by atoms with Crippen molar-refractivity contribution in [3.8, 4) is 0 Å². The smallest absolute Gasteiger partial charge is 0.132 e. The van der Waals surface area contributed by atoms with E-state index >= 15 is 0 Å². The quantitative estimate of drug-likeness (QED) is 0.852. The van der Waals surface area contributed by atoms with E-state index in [-0.39, 0.29) is 0 Å². The van der Waals surface area contributed by atoms with E-state index in [4.69, 9.17) is 0 Å². The Morgan fingerprint density at radius 1 is 1.36 bits per heavy atom. The lowest BCUT2D eigenvalue weighted by molar-refractivity contribution is 0.455. The molecule has 2 aliphatic rings. The highest BCUT2D eigenvalue weighted by Crippen LogP contribution is 2.35. The summed E-state index contributed by atoms with van der Waals surface area (Å²) in [5.41, 5.74) is 2.70. The molecule has 3 nitrogen and oxygen atoms in total. The highest BCUT2D eigenvalue weighted by atomic mass is 79.9. The summed E-state index contributed by atoms with van der Waals surface area (Å²) >= 11 is 3.52. The van der Waals surface area contributed by atoms with Gasteiger partial charge in [0.15, 0.2) is 0 Å². The van der Waals surface area contributed by atoms with Crippen LogP contribution in [0.3, 0.4) is 0 Å². The Hall–Kier alpha value is -0.350. The summed E-state index contributed by atoms with van der Waals surface area (Å²) < 4.78 is 1.00. The van der Waals surface area contributed by atoms with E-state index in [1.807, 2.05) is 0 Å². The van der Waals surface area contributed by atoms with Crippen molar-refractivity contribution in [3.05, 3.63) is 15.9 Å². The average molecular weight is 256 g/mol. The van der Waals surface area contributed by atoms with Gasteiger partial charge in [0.25, 0.3) is 0 Å². The molecule has 3 rings (SSSR count). The summed E-state index contributed by atoms with van der Waals surface area (Å²) in [6, 6.07) is 1.30. The Morgan fingerprint density at radius 3 is 3.00 bits per heavy atom. The van der Waals surface area contributed by atoms with Crippen molar-refractivity contribution in [1.29, 1.82) is 0 Å². The van der Waals surface area contributed by atoms with E-state index in [0.29, 0.717) is 6.04 Å². The van der Waals surface area contributed by atoms with Crippen LogP contribution in [0.15, 0.2) is 4.60 Å². The van der Waals surface area contributed by atoms with Gasteiger partial charge in [0, 0.05) is 23.3 Å². The molecule has 0 spiro atoms. The lowest BCUT2D eigenvalue weighted by atomic mass is 9.93. The number of halogens is 1. The molecule has 1 saturated carbocycles. The summed E-state index contributed by atoms with van der Waals surface area (Å²) in [4.78, 5) is 0.